The first-order chi connectivity index (χ1) is 6.99. The average Bonchev–Trinajstić information content (AvgIpc) is 2.16. The normalized spacial score (nSPS) is 11.5. The Morgan fingerprint density at radius 1 is 1.07 bits per heavy atom. The molecule has 1 nitrogen and oxygen atoms in total. The molecule has 1 aromatic carbocycles. The molecule has 1 rings (SSSR count). The molecular weight excluding hydrogens is 224 g/mol. The van der Waals surface area contributed by atoms with E-state index in [4.69, 9.17) is 15.5 Å². The quantitative estimate of drug-likeness (QED) is 0.562. The molecule has 0 aromatic heterocycles. The highest BCUT2D eigenvalue weighted by Gasteiger charge is 2.30. The van der Waals surface area contributed by atoms with Crippen molar-refractivity contribution in [3.05, 3.63) is 29.3 Å². The van der Waals surface area contributed by atoms with Crippen LogP contribution in [0.25, 0.3) is 0 Å². The van der Waals surface area contributed by atoms with Gasteiger partial charge in [0, 0.05) is 0 Å². The van der Waals surface area contributed by atoms with Gasteiger partial charge >= 0.3 is 7.63 Å². The average molecular weight is 243 g/mol. The number of rotatable bonds is 4. The number of benzene rings is 1. The molecule has 15 heavy (non-hydrogen) atoms. The first-order valence-electron chi connectivity index (χ1n) is 5.45. The summed E-state index contributed by atoms with van der Waals surface area (Å²) in [6.07, 6.45) is 0. The Kier molecular flexibility index (Phi) is 4.23. The minimum atomic E-state index is -2.01. The molecule has 0 atom stereocenters. The lowest BCUT2D eigenvalue weighted by molar-refractivity contribution is 0.555. The molecule has 0 aliphatic heterocycles. The molecule has 0 radical (unpaired) electrons. The smallest absolute Gasteiger partial charge is 0.347 e. The first-order valence-corrected chi connectivity index (χ1v) is 8.78. The van der Waals surface area contributed by atoms with Crippen molar-refractivity contribution in [2.45, 2.75) is 39.8 Å². The van der Waals surface area contributed by atoms with Gasteiger partial charge in [-0.05, 0) is 49.2 Å². The minimum absolute atomic E-state index is 0.929. The van der Waals surface area contributed by atoms with Crippen LogP contribution in [0.1, 0.15) is 25.0 Å². The van der Waals surface area contributed by atoms with Crippen molar-refractivity contribution in [2.24, 2.45) is 0 Å². The van der Waals surface area contributed by atoms with E-state index in [1.807, 2.05) is 0 Å². The van der Waals surface area contributed by atoms with E-state index in [0.29, 0.717) is 0 Å². The van der Waals surface area contributed by atoms with E-state index in [-0.39, 0.29) is 0 Å². The van der Waals surface area contributed by atoms with Crippen LogP contribution in [0.2, 0.25) is 12.1 Å². The van der Waals surface area contributed by atoms with Crippen LogP contribution in [0.4, 0.5) is 0 Å². The molecule has 84 valence electrons. The van der Waals surface area contributed by atoms with Gasteiger partial charge in [-0.3, -0.25) is 0 Å². The fourth-order valence-corrected chi connectivity index (χ4v) is 3.19. The Morgan fingerprint density at radius 2 is 1.53 bits per heavy atom. The zero-order chi connectivity index (χ0) is 11.5. The number of hydrogen-bond donors (Lipinski definition) is 0. The fraction of sp³-hybridized carbons (Fsp3) is 0.500. The van der Waals surface area contributed by atoms with Crippen molar-refractivity contribution in [1.29, 1.82) is 0 Å². The molecule has 3 heteroatoms. The summed E-state index contributed by atoms with van der Waals surface area (Å²) < 4.78 is 5.97. The summed E-state index contributed by atoms with van der Waals surface area (Å²) in [6, 6.07) is 8.14. The minimum Gasteiger partial charge on any atom is -0.529 e. The molecule has 0 saturated heterocycles. The van der Waals surface area contributed by atoms with Crippen LogP contribution in [0.3, 0.4) is 0 Å². The summed E-state index contributed by atoms with van der Waals surface area (Å²) in [6.45, 7) is 8.36. The largest absolute Gasteiger partial charge is 0.529 e. The summed E-state index contributed by atoms with van der Waals surface area (Å²) in [5.74, 6) is 0.929. The van der Waals surface area contributed by atoms with E-state index in [2.05, 4.69) is 45.9 Å². The molecule has 0 aliphatic rings. The zero-order valence-corrected chi connectivity index (χ0v) is 11.7. The molecule has 0 heterocycles. The highest BCUT2D eigenvalue weighted by molar-refractivity contribution is 7.17. The number of hydrogen-bond acceptors (Lipinski definition) is 1. The Balaban J connectivity index is 2.88. The maximum absolute atomic E-state index is 6.46. The molecule has 0 unspecified atom stereocenters. The molecule has 0 aliphatic carbocycles. The highest BCUT2D eigenvalue weighted by atomic mass is 35.6. The van der Waals surface area contributed by atoms with Crippen molar-refractivity contribution >= 4 is 18.7 Å². The van der Waals surface area contributed by atoms with Gasteiger partial charge in [0.05, 0.1) is 0 Å². The van der Waals surface area contributed by atoms with Crippen LogP contribution >= 0.6 is 11.1 Å². The van der Waals surface area contributed by atoms with Gasteiger partial charge in [-0.15, -0.1) is 11.1 Å². The van der Waals surface area contributed by atoms with Crippen molar-refractivity contribution in [3.63, 3.8) is 0 Å². The van der Waals surface area contributed by atoms with Crippen molar-refractivity contribution in [2.75, 3.05) is 0 Å². The van der Waals surface area contributed by atoms with Gasteiger partial charge in [0.1, 0.15) is 5.75 Å². The van der Waals surface area contributed by atoms with Gasteiger partial charge < -0.3 is 4.43 Å². The number of halogens is 1. The SMILES string of the molecule is CC[Si](Cl)(CC)Oc1cc(C)cc(C)c1. The lowest BCUT2D eigenvalue weighted by Gasteiger charge is -2.23. The van der Waals surface area contributed by atoms with Crippen molar-refractivity contribution in [1.82, 2.24) is 0 Å². The second kappa shape index (κ2) is 5.04. The van der Waals surface area contributed by atoms with Gasteiger partial charge in [-0.1, -0.05) is 19.9 Å². The lowest BCUT2D eigenvalue weighted by Crippen LogP contribution is -2.33. The molecule has 0 fully saturated rings. The number of aryl methyl sites for hydroxylation is 2. The van der Waals surface area contributed by atoms with Gasteiger partial charge in [0.2, 0.25) is 0 Å². The van der Waals surface area contributed by atoms with Crippen LogP contribution in [0, 0.1) is 13.8 Å². The highest BCUT2D eigenvalue weighted by Crippen LogP contribution is 2.26. The summed E-state index contributed by atoms with van der Waals surface area (Å²) in [5.41, 5.74) is 2.45. The summed E-state index contributed by atoms with van der Waals surface area (Å²) >= 11 is 6.46. The molecule has 0 saturated carbocycles. The van der Waals surface area contributed by atoms with E-state index in [9.17, 15) is 0 Å². The molecule has 0 bridgehead atoms. The fourth-order valence-electron chi connectivity index (χ4n) is 1.60. The first kappa shape index (κ1) is 12.6. The van der Waals surface area contributed by atoms with E-state index in [1.54, 1.807) is 0 Å². The van der Waals surface area contributed by atoms with Gasteiger partial charge in [-0.25, -0.2) is 0 Å². The molecule has 1 aromatic rings. The maximum atomic E-state index is 6.46. The van der Waals surface area contributed by atoms with Crippen LogP contribution in [0.5, 0.6) is 5.75 Å². The maximum Gasteiger partial charge on any atom is 0.347 e. The zero-order valence-electron chi connectivity index (χ0n) is 9.93. The Hall–Kier alpha value is -0.473. The lowest BCUT2D eigenvalue weighted by atomic mass is 10.1. The van der Waals surface area contributed by atoms with Crippen LogP contribution in [-0.4, -0.2) is 7.63 Å². The van der Waals surface area contributed by atoms with E-state index in [0.717, 1.165) is 17.8 Å². The molecular formula is C12H19ClOSi. The monoisotopic (exact) mass is 242 g/mol. The van der Waals surface area contributed by atoms with Crippen LogP contribution < -0.4 is 4.43 Å². The van der Waals surface area contributed by atoms with E-state index < -0.39 is 7.63 Å². The molecule has 0 spiro atoms. The summed E-state index contributed by atoms with van der Waals surface area (Å²) in [4.78, 5) is 0. The standard InChI is InChI=1S/C12H19ClOSi/c1-5-15(13,6-2)14-12-8-10(3)7-11(4)9-12/h7-9H,5-6H2,1-4H3. The molecule has 0 N–H and O–H groups in total. The van der Waals surface area contributed by atoms with Gasteiger partial charge in [-0.2, -0.15) is 0 Å². The molecule has 0 amide bonds. The third-order valence-electron chi connectivity index (χ3n) is 2.55. The van der Waals surface area contributed by atoms with Gasteiger partial charge in [0.25, 0.3) is 0 Å². The second-order valence-electron chi connectivity index (χ2n) is 4.02. The predicted octanol–water partition coefficient (Wildman–Crippen LogP) is 4.40. The van der Waals surface area contributed by atoms with Crippen LogP contribution in [0.15, 0.2) is 18.2 Å². The van der Waals surface area contributed by atoms with Crippen molar-refractivity contribution in [3.8, 4) is 5.75 Å². The van der Waals surface area contributed by atoms with E-state index >= 15 is 0 Å². The Bertz CT molecular complexity index is 314. The Morgan fingerprint density at radius 3 is 1.93 bits per heavy atom. The van der Waals surface area contributed by atoms with Crippen LogP contribution in [-0.2, 0) is 0 Å². The second-order valence-corrected chi connectivity index (χ2v) is 9.47. The topological polar surface area (TPSA) is 9.23 Å². The predicted molar refractivity (Wildman–Crippen MR) is 69.1 cm³/mol. The third-order valence-corrected chi connectivity index (χ3v) is 7.10. The third kappa shape index (κ3) is 3.54. The Labute approximate surface area is 98.2 Å². The summed E-state index contributed by atoms with van der Waals surface area (Å²) in [7, 11) is -2.01. The summed E-state index contributed by atoms with van der Waals surface area (Å²) in [5, 5.41) is 0. The van der Waals surface area contributed by atoms with Crippen molar-refractivity contribution < 1.29 is 4.43 Å². The van der Waals surface area contributed by atoms with E-state index in [1.165, 1.54) is 11.1 Å². The van der Waals surface area contributed by atoms with Gasteiger partial charge in [0.15, 0.2) is 0 Å².